The summed E-state index contributed by atoms with van der Waals surface area (Å²) in [5.74, 6) is -1.66. The zero-order valence-electron chi connectivity index (χ0n) is 19.9. The van der Waals surface area contributed by atoms with E-state index in [0.717, 1.165) is 12.8 Å². The number of carboxylic acid groups (broad SMARTS) is 1. The number of hydrogen-bond donors (Lipinski definition) is 2. The topological polar surface area (TPSA) is 111 Å². The summed E-state index contributed by atoms with van der Waals surface area (Å²) in [5, 5.41) is 12.3. The van der Waals surface area contributed by atoms with E-state index in [-0.39, 0.29) is 24.5 Å². The molecule has 8 nitrogen and oxygen atoms in total. The standard InChI is InChI=1S/C24H39NO7/c1-23(2,3)32-21(28)18(16-31-14-13-30-4)15-24(11-5-6-12-24)22(29)25-19-9-7-17(8-10-19)20(26)27/h15,17,19H,5-14,16H2,1-4H3,(H,25,29)(H,26,27)/b18-15+. The Morgan fingerprint density at radius 3 is 2.22 bits per heavy atom. The number of carboxylic acids is 1. The van der Waals surface area contributed by atoms with Crippen molar-refractivity contribution >= 4 is 17.8 Å². The molecule has 0 radical (unpaired) electrons. The molecule has 2 saturated carbocycles. The van der Waals surface area contributed by atoms with Crippen LogP contribution in [0.3, 0.4) is 0 Å². The summed E-state index contributed by atoms with van der Waals surface area (Å²) in [6.07, 6.45) is 7.34. The van der Waals surface area contributed by atoms with E-state index in [4.69, 9.17) is 14.2 Å². The molecule has 0 spiro atoms. The van der Waals surface area contributed by atoms with Crippen LogP contribution in [0.15, 0.2) is 11.6 Å². The number of aliphatic carboxylic acids is 1. The minimum atomic E-state index is -0.777. The molecule has 0 unspecified atom stereocenters. The number of amides is 1. The molecule has 8 heteroatoms. The van der Waals surface area contributed by atoms with Crippen molar-refractivity contribution in [2.45, 2.75) is 83.8 Å². The lowest BCUT2D eigenvalue weighted by Crippen LogP contribution is -2.45. The summed E-state index contributed by atoms with van der Waals surface area (Å²) in [7, 11) is 1.58. The summed E-state index contributed by atoms with van der Waals surface area (Å²) >= 11 is 0. The molecule has 0 heterocycles. The molecule has 2 aliphatic rings. The SMILES string of the molecule is COCCOC/C(=C\C1(C(=O)NC2CCC(C(=O)O)CC2)CCCC1)C(=O)OC(C)(C)C. The van der Waals surface area contributed by atoms with Crippen molar-refractivity contribution in [3.63, 3.8) is 0 Å². The van der Waals surface area contributed by atoms with Crippen LogP contribution in [0.25, 0.3) is 0 Å². The molecule has 2 N–H and O–H groups in total. The normalized spacial score (nSPS) is 23.6. The van der Waals surface area contributed by atoms with E-state index in [0.29, 0.717) is 57.3 Å². The number of nitrogens with one attached hydrogen (secondary N) is 1. The van der Waals surface area contributed by atoms with Crippen molar-refractivity contribution in [3.05, 3.63) is 11.6 Å². The molecular formula is C24H39NO7. The molecule has 182 valence electrons. The highest BCUT2D eigenvalue weighted by molar-refractivity contribution is 5.92. The maximum Gasteiger partial charge on any atom is 0.336 e. The van der Waals surface area contributed by atoms with Crippen LogP contribution in [0, 0.1) is 11.3 Å². The van der Waals surface area contributed by atoms with E-state index in [1.807, 2.05) is 0 Å². The smallest absolute Gasteiger partial charge is 0.336 e. The van der Waals surface area contributed by atoms with Gasteiger partial charge in [-0.3, -0.25) is 9.59 Å². The van der Waals surface area contributed by atoms with Crippen molar-refractivity contribution in [1.29, 1.82) is 0 Å². The Kier molecular flexibility index (Phi) is 9.70. The van der Waals surface area contributed by atoms with Gasteiger partial charge in [-0.15, -0.1) is 0 Å². The first-order chi connectivity index (χ1) is 15.1. The highest BCUT2D eigenvalue weighted by Gasteiger charge is 2.41. The molecule has 0 aromatic heterocycles. The summed E-state index contributed by atoms with van der Waals surface area (Å²) in [6, 6.07) is -0.0353. The molecule has 0 aliphatic heterocycles. The fourth-order valence-electron chi connectivity index (χ4n) is 4.42. The first-order valence-corrected chi connectivity index (χ1v) is 11.6. The van der Waals surface area contributed by atoms with Crippen molar-refractivity contribution in [2.24, 2.45) is 11.3 Å². The Morgan fingerprint density at radius 2 is 1.69 bits per heavy atom. The van der Waals surface area contributed by atoms with Crippen LogP contribution < -0.4 is 5.32 Å². The fourth-order valence-corrected chi connectivity index (χ4v) is 4.42. The van der Waals surface area contributed by atoms with Crippen LogP contribution in [0.5, 0.6) is 0 Å². The third-order valence-corrected chi connectivity index (χ3v) is 6.16. The van der Waals surface area contributed by atoms with Crippen LogP contribution in [-0.2, 0) is 28.6 Å². The number of ether oxygens (including phenoxy) is 3. The molecule has 2 rings (SSSR count). The van der Waals surface area contributed by atoms with Crippen LogP contribution in [0.2, 0.25) is 0 Å². The molecule has 0 atom stereocenters. The number of rotatable bonds is 10. The second kappa shape index (κ2) is 11.8. The monoisotopic (exact) mass is 453 g/mol. The molecule has 0 bridgehead atoms. The largest absolute Gasteiger partial charge is 0.481 e. The van der Waals surface area contributed by atoms with Gasteiger partial charge in [-0.1, -0.05) is 18.9 Å². The minimum absolute atomic E-state index is 0.0353. The van der Waals surface area contributed by atoms with Crippen molar-refractivity contribution in [2.75, 3.05) is 26.9 Å². The van der Waals surface area contributed by atoms with Crippen LogP contribution in [-0.4, -0.2) is 61.5 Å². The van der Waals surface area contributed by atoms with E-state index in [1.54, 1.807) is 34.0 Å². The van der Waals surface area contributed by atoms with Crippen molar-refractivity contribution in [3.8, 4) is 0 Å². The lowest BCUT2D eigenvalue weighted by molar-refractivity contribution is -0.150. The van der Waals surface area contributed by atoms with Gasteiger partial charge >= 0.3 is 11.9 Å². The number of carbonyl (C=O) groups is 3. The van der Waals surface area contributed by atoms with Gasteiger partial charge < -0.3 is 24.6 Å². The second-order valence-corrected chi connectivity index (χ2v) is 9.94. The molecule has 0 saturated heterocycles. The van der Waals surface area contributed by atoms with Crippen LogP contribution in [0.1, 0.15) is 72.1 Å². The van der Waals surface area contributed by atoms with E-state index >= 15 is 0 Å². The Morgan fingerprint density at radius 1 is 1.06 bits per heavy atom. The van der Waals surface area contributed by atoms with Gasteiger partial charge in [-0.25, -0.2) is 4.79 Å². The minimum Gasteiger partial charge on any atom is -0.481 e. The Labute approximate surface area is 191 Å². The third kappa shape index (κ3) is 7.89. The van der Waals surface area contributed by atoms with E-state index < -0.39 is 23.0 Å². The van der Waals surface area contributed by atoms with Gasteiger partial charge in [0.1, 0.15) is 5.60 Å². The number of esters is 1. The summed E-state index contributed by atoms with van der Waals surface area (Å²) < 4.78 is 16.2. The van der Waals surface area contributed by atoms with Gasteiger partial charge in [0.05, 0.1) is 36.7 Å². The number of carbonyl (C=O) groups excluding carboxylic acids is 2. The van der Waals surface area contributed by atoms with Crippen molar-refractivity contribution < 1.29 is 33.7 Å². The first kappa shape index (κ1) is 26.3. The van der Waals surface area contributed by atoms with E-state index in [9.17, 15) is 19.5 Å². The highest BCUT2D eigenvalue weighted by Crippen LogP contribution is 2.41. The van der Waals surface area contributed by atoms with Gasteiger partial charge in [-0.2, -0.15) is 0 Å². The zero-order chi connectivity index (χ0) is 23.8. The van der Waals surface area contributed by atoms with Crippen LogP contribution in [0.4, 0.5) is 0 Å². The molecule has 2 aliphatic carbocycles. The van der Waals surface area contributed by atoms with Gasteiger partial charge in [0.2, 0.25) is 5.91 Å². The van der Waals surface area contributed by atoms with E-state index in [1.165, 1.54) is 0 Å². The number of hydrogen-bond acceptors (Lipinski definition) is 6. The average molecular weight is 454 g/mol. The third-order valence-electron chi connectivity index (χ3n) is 6.16. The highest BCUT2D eigenvalue weighted by atomic mass is 16.6. The van der Waals surface area contributed by atoms with Gasteiger partial charge in [-0.05, 0) is 59.3 Å². The van der Waals surface area contributed by atoms with Gasteiger partial charge in [0, 0.05) is 13.2 Å². The Hall–Kier alpha value is -1.93. The van der Waals surface area contributed by atoms with Gasteiger partial charge in [0.15, 0.2) is 0 Å². The van der Waals surface area contributed by atoms with E-state index in [2.05, 4.69) is 5.32 Å². The van der Waals surface area contributed by atoms with Crippen molar-refractivity contribution in [1.82, 2.24) is 5.32 Å². The predicted molar refractivity (Wildman–Crippen MR) is 119 cm³/mol. The molecule has 0 aromatic rings. The molecular weight excluding hydrogens is 414 g/mol. The van der Waals surface area contributed by atoms with Crippen LogP contribution >= 0.6 is 0 Å². The predicted octanol–water partition coefficient (Wildman–Crippen LogP) is 3.24. The molecule has 1 amide bonds. The molecule has 2 fully saturated rings. The summed E-state index contributed by atoms with van der Waals surface area (Å²) in [5.41, 5.74) is -1.08. The second-order valence-electron chi connectivity index (χ2n) is 9.94. The summed E-state index contributed by atoms with van der Waals surface area (Å²) in [6.45, 7) is 6.21. The fraction of sp³-hybridized carbons (Fsp3) is 0.792. The number of methoxy groups -OCH3 is 1. The molecule has 32 heavy (non-hydrogen) atoms. The lowest BCUT2D eigenvalue weighted by atomic mass is 9.81. The Bertz CT molecular complexity index is 681. The zero-order valence-corrected chi connectivity index (χ0v) is 19.9. The van der Waals surface area contributed by atoms with Gasteiger partial charge in [0.25, 0.3) is 0 Å². The average Bonchev–Trinajstić information content (AvgIpc) is 3.19. The Balaban J connectivity index is 2.15. The lowest BCUT2D eigenvalue weighted by Gasteiger charge is -2.32. The summed E-state index contributed by atoms with van der Waals surface area (Å²) in [4.78, 5) is 37.5. The molecule has 0 aromatic carbocycles. The maximum absolute atomic E-state index is 13.4. The maximum atomic E-state index is 13.4. The first-order valence-electron chi connectivity index (χ1n) is 11.6. The quantitative estimate of drug-likeness (QED) is 0.297.